The zero-order chi connectivity index (χ0) is 14.1. The van der Waals surface area contributed by atoms with Gasteiger partial charge in [-0.2, -0.15) is 0 Å². The van der Waals surface area contributed by atoms with E-state index in [4.69, 9.17) is 9.47 Å². The van der Waals surface area contributed by atoms with Crippen LogP contribution in [0.1, 0.15) is 32.3 Å². The van der Waals surface area contributed by atoms with E-state index in [0.29, 0.717) is 12.4 Å². The molecule has 0 aliphatic carbocycles. The molecule has 19 heavy (non-hydrogen) atoms. The van der Waals surface area contributed by atoms with E-state index in [-0.39, 0.29) is 5.97 Å². The highest BCUT2D eigenvalue weighted by molar-refractivity contribution is 8.00. The third-order valence-electron chi connectivity index (χ3n) is 2.56. The summed E-state index contributed by atoms with van der Waals surface area (Å²) >= 11 is 1.50. The summed E-state index contributed by atoms with van der Waals surface area (Å²) in [4.78, 5) is 12.4. The monoisotopic (exact) mass is 282 g/mol. The lowest BCUT2D eigenvalue weighted by atomic mass is 10.2. The van der Waals surface area contributed by atoms with Crippen molar-refractivity contribution in [3.63, 3.8) is 0 Å². The zero-order valence-electron chi connectivity index (χ0n) is 11.9. The van der Waals surface area contributed by atoms with E-state index < -0.39 is 0 Å². The minimum atomic E-state index is -0.171. The summed E-state index contributed by atoms with van der Waals surface area (Å²) in [6.45, 7) is 7.17. The van der Waals surface area contributed by atoms with Gasteiger partial charge in [-0.25, -0.2) is 0 Å². The maximum atomic E-state index is 11.3. The molecule has 1 aromatic carbocycles. The number of unbranched alkanes of at least 4 members (excludes halogenated alkanes) is 1. The van der Waals surface area contributed by atoms with E-state index in [1.165, 1.54) is 11.8 Å². The van der Waals surface area contributed by atoms with Gasteiger partial charge in [-0.3, -0.25) is 4.79 Å². The second-order valence-electron chi connectivity index (χ2n) is 4.22. The molecule has 0 bridgehead atoms. The normalized spacial score (nSPS) is 10.3. The molecule has 0 spiro atoms. The van der Waals surface area contributed by atoms with Gasteiger partial charge in [0.25, 0.3) is 0 Å². The number of esters is 1. The maximum absolute atomic E-state index is 11.3. The molecule has 0 fully saturated rings. The Morgan fingerprint density at radius 2 is 2.11 bits per heavy atom. The third kappa shape index (κ3) is 6.01. The lowest BCUT2D eigenvalue weighted by Crippen LogP contribution is -2.06. The topological polar surface area (TPSA) is 35.5 Å². The van der Waals surface area contributed by atoms with E-state index in [9.17, 15) is 4.79 Å². The van der Waals surface area contributed by atoms with Crippen molar-refractivity contribution in [3.05, 3.63) is 23.8 Å². The molecule has 4 heteroatoms. The van der Waals surface area contributed by atoms with Gasteiger partial charge in [0.15, 0.2) is 0 Å². The number of thioether (sulfide) groups is 1. The molecule has 3 nitrogen and oxygen atoms in total. The molecule has 0 aliphatic rings. The van der Waals surface area contributed by atoms with Crippen molar-refractivity contribution in [2.75, 3.05) is 19.0 Å². The summed E-state index contributed by atoms with van der Waals surface area (Å²) in [6.07, 6.45) is 2.20. The first-order valence-corrected chi connectivity index (χ1v) is 7.67. The molecule has 1 aromatic rings. The molecule has 1 rings (SSSR count). The van der Waals surface area contributed by atoms with Crippen molar-refractivity contribution in [3.8, 4) is 5.75 Å². The summed E-state index contributed by atoms with van der Waals surface area (Å²) in [5, 5.41) is 0. The molecule has 0 N–H and O–H groups in total. The van der Waals surface area contributed by atoms with Gasteiger partial charge < -0.3 is 9.47 Å². The first-order chi connectivity index (χ1) is 9.17. The van der Waals surface area contributed by atoms with Crippen LogP contribution >= 0.6 is 11.8 Å². The van der Waals surface area contributed by atoms with Crippen LogP contribution in [0.3, 0.4) is 0 Å². The SMILES string of the molecule is CCCCOc1ccc(SCC(=O)OCC)c(C)c1. The minimum Gasteiger partial charge on any atom is -0.494 e. The molecular formula is C15H22O3S. The van der Waals surface area contributed by atoms with E-state index >= 15 is 0 Å². The highest BCUT2D eigenvalue weighted by atomic mass is 32.2. The largest absolute Gasteiger partial charge is 0.494 e. The molecule has 0 aliphatic heterocycles. The van der Waals surface area contributed by atoms with Crippen LogP contribution in [0.5, 0.6) is 5.75 Å². The van der Waals surface area contributed by atoms with Gasteiger partial charge in [-0.1, -0.05) is 13.3 Å². The van der Waals surface area contributed by atoms with E-state index in [1.807, 2.05) is 32.0 Å². The number of carbonyl (C=O) groups excluding carboxylic acids is 1. The van der Waals surface area contributed by atoms with Gasteiger partial charge in [0.05, 0.1) is 19.0 Å². The molecule has 0 saturated carbocycles. The van der Waals surface area contributed by atoms with Crippen LogP contribution in [0.4, 0.5) is 0 Å². The average molecular weight is 282 g/mol. The molecular weight excluding hydrogens is 260 g/mol. The summed E-state index contributed by atoms with van der Waals surface area (Å²) in [5.74, 6) is 1.08. The number of hydrogen-bond acceptors (Lipinski definition) is 4. The number of hydrogen-bond donors (Lipinski definition) is 0. The summed E-state index contributed by atoms with van der Waals surface area (Å²) in [6, 6.07) is 5.97. The van der Waals surface area contributed by atoms with Crippen LogP contribution in [0, 0.1) is 6.92 Å². The number of benzene rings is 1. The van der Waals surface area contributed by atoms with Crippen LogP contribution in [0.15, 0.2) is 23.1 Å². The Morgan fingerprint density at radius 3 is 2.74 bits per heavy atom. The minimum absolute atomic E-state index is 0.171. The zero-order valence-corrected chi connectivity index (χ0v) is 12.7. The summed E-state index contributed by atoms with van der Waals surface area (Å²) in [7, 11) is 0. The van der Waals surface area contributed by atoms with Crippen molar-refractivity contribution < 1.29 is 14.3 Å². The lowest BCUT2D eigenvalue weighted by molar-refractivity contribution is -0.139. The van der Waals surface area contributed by atoms with Crippen molar-refractivity contribution in [1.82, 2.24) is 0 Å². The van der Waals surface area contributed by atoms with Gasteiger partial charge >= 0.3 is 5.97 Å². The van der Waals surface area contributed by atoms with Crippen molar-refractivity contribution in [1.29, 1.82) is 0 Å². The van der Waals surface area contributed by atoms with Crippen LogP contribution in [0.25, 0.3) is 0 Å². The first-order valence-electron chi connectivity index (χ1n) is 6.69. The fraction of sp³-hybridized carbons (Fsp3) is 0.533. The summed E-state index contributed by atoms with van der Waals surface area (Å²) < 4.78 is 10.6. The predicted octanol–water partition coefficient (Wildman–Crippen LogP) is 3.83. The molecule has 0 heterocycles. The fourth-order valence-corrected chi connectivity index (χ4v) is 2.35. The van der Waals surface area contributed by atoms with Gasteiger partial charge in [-0.15, -0.1) is 11.8 Å². The average Bonchev–Trinajstić information content (AvgIpc) is 2.38. The Morgan fingerprint density at radius 1 is 1.32 bits per heavy atom. The first kappa shape index (κ1) is 15.9. The Hall–Kier alpha value is -1.16. The summed E-state index contributed by atoms with van der Waals surface area (Å²) in [5.41, 5.74) is 1.13. The van der Waals surface area contributed by atoms with Crippen molar-refractivity contribution in [2.24, 2.45) is 0 Å². The molecule has 0 atom stereocenters. The molecule has 0 radical (unpaired) electrons. The van der Waals surface area contributed by atoms with Crippen LogP contribution < -0.4 is 4.74 Å². The second kappa shape index (κ2) is 8.86. The molecule has 106 valence electrons. The van der Waals surface area contributed by atoms with Crippen LogP contribution in [-0.2, 0) is 9.53 Å². The maximum Gasteiger partial charge on any atom is 0.316 e. The molecule has 0 amide bonds. The Kier molecular flexibility index (Phi) is 7.41. The van der Waals surface area contributed by atoms with E-state index in [1.54, 1.807) is 0 Å². The highest BCUT2D eigenvalue weighted by Gasteiger charge is 2.06. The number of aryl methyl sites for hydroxylation is 1. The van der Waals surface area contributed by atoms with Gasteiger partial charge in [0.2, 0.25) is 0 Å². The van der Waals surface area contributed by atoms with Gasteiger partial charge in [0, 0.05) is 4.90 Å². The van der Waals surface area contributed by atoms with Gasteiger partial charge in [-0.05, 0) is 44.0 Å². The Balaban J connectivity index is 2.49. The smallest absolute Gasteiger partial charge is 0.316 e. The lowest BCUT2D eigenvalue weighted by Gasteiger charge is -2.09. The Labute approximate surface area is 119 Å². The molecule has 0 unspecified atom stereocenters. The van der Waals surface area contributed by atoms with Crippen molar-refractivity contribution >= 4 is 17.7 Å². The van der Waals surface area contributed by atoms with Crippen LogP contribution in [-0.4, -0.2) is 24.9 Å². The third-order valence-corrected chi connectivity index (χ3v) is 3.71. The fourth-order valence-electron chi connectivity index (χ4n) is 1.55. The number of rotatable bonds is 8. The Bertz CT molecular complexity index is 404. The predicted molar refractivity (Wildman–Crippen MR) is 78.9 cm³/mol. The number of ether oxygens (including phenoxy) is 2. The quantitative estimate of drug-likeness (QED) is 0.412. The number of carbonyl (C=O) groups is 1. The standard InChI is InChI=1S/C15H22O3S/c1-4-6-9-18-13-7-8-14(12(3)10-13)19-11-15(16)17-5-2/h7-8,10H,4-6,9,11H2,1-3H3. The van der Waals surface area contributed by atoms with E-state index in [0.717, 1.165) is 35.7 Å². The molecule has 0 aromatic heterocycles. The van der Waals surface area contributed by atoms with Crippen LogP contribution in [0.2, 0.25) is 0 Å². The van der Waals surface area contributed by atoms with E-state index in [2.05, 4.69) is 6.92 Å². The van der Waals surface area contributed by atoms with Crippen molar-refractivity contribution in [2.45, 2.75) is 38.5 Å². The molecule has 0 saturated heterocycles. The van der Waals surface area contributed by atoms with Gasteiger partial charge in [0.1, 0.15) is 5.75 Å². The second-order valence-corrected chi connectivity index (χ2v) is 5.24. The highest BCUT2D eigenvalue weighted by Crippen LogP contribution is 2.26.